The quantitative estimate of drug-likeness (QED) is 0.737. The Morgan fingerprint density at radius 3 is 2.35 bits per heavy atom. The average Bonchev–Trinajstić information content (AvgIpc) is 2.38. The second kappa shape index (κ2) is 7.05. The monoisotopic (exact) mass is 278 g/mol. The molecule has 1 rings (SSSR count). The highest BCUT2D eigenvalue weighted by Gasteiger charge is 2.18. The highest BCUT2D eigenvalue weighted by Crippen LogP contribution is 2.10. The molecule has 0 saturated heterocycles. The lowest BCUT2D eigenvalue weighted by Crippen LogP contribution is -2.40. The number of rotatable bonds is 6. The van der Waals surface area contributed by atoms with Gasteiger partial charge in [-0.25, -0.2) is 0 Å². The van der Waals surface area contributed by atoms with Crippen molar-refractivity contribution in [3.63, 3.8) is 0 Å². The maximum Gasteiger partial charge on any atom is 0.224 e. The van der Waals surface area contributed by atoms with Gasteiger partial charge in [0.05, 0.1) is 12.0 Å². The molecule has 2 amide bonds. The highest BCUT2D eigenvalue weighted by molar-refractivity contribution is 5.88. The van der Waals surface area contributed by atoms with E-state index in [4.69, 9.17) is 0 Å². The second-order valence-electron chi connectivity index (χ2n) is 5.18. The van der Waals surface area contributed by atoms with Crippen molar-refractivity contribution < 1.29 is 14.7 Å². The lowest BCUT2D eigenvalue weighted by molar-refractivity contribution is -0.121. The standard InChI is InChI=1S/C15H22N2O3/c1-4-15(3,20)10-16-14(19)9-12-5-7-13(8-6-12)17-11(2)18/h5-8,20H,4,9-10H2,1-3H3,(H,16,19)(H,17,18). The summed E-state index contributed by atoms with van der Waals surface area (Å²) in [5.74, 6) is -0.261. The van der Waals surface area contributed by atoms with E-state index in [1.54, 1.807) is 31.2 Å². The Morgan fingerprint density at radius 1 is 1.25 bits per heavy atom. The van der Waals surface area contributed by atoms with Crippen LogP contribution < -0.4 is 10.6 Å². The van der Waals surface area contributed by atoms with E-state index < -0.39 is 5.60 Å². The molecule has 5 nitrogen and oxygen atoms in total. The fourth-order valence-electron chi connectivity index (χ4n) is 1.57. The summed E-state index contributed by atoms with van der Waals surface area (Å²) < 4.78 is 0. The fraction of sp³-hybridized carbons (Fsp3) is 0.467. The molecule has 0 saturated carbocycles. The summed E-state index contributed by atoms with van der Waals surface area (Å²) in [6.45, 7) is 5.25. The molecule has 0 aliphatic heterocycles. The van der Waals surface area contributed by atoms with Gasteiger partial charge in [0.1, 0.15) is 0 Å². The molecule has 0 radical (unpaired) electrons. The molecule has 0 bridgehead atoms. The third-order valence-corrected chi connectivity index (χ3v) is 3.07. The molecule has 0 aliphatic carbocycles. The van der Waals surface area contributed by atoms with E-state index >= 15 is 0 Å². The van der Waals surface area contributed by atoms with Crippen molar-refractivity contribution in [2.75, 3.05) is 11.9 Å². The van der Waals surface area contributed by atoms with Crippen LogP contribution in [0.2, 0.25) is 0 Å². The van der Waals surface area contributed by atoms with Gasteiger partial charge in [0.25, 0.3) is 0 Å². The largest absolute Gasteiger partial charge is 0.388 e. The van der Waals surface area contributed by atoms with E-state index in [1.807, 2.05) is 6.92 Å². The Kier molecular flexibility index (Phi) is 5.70. The zero-order valence-electron chi connectivity index (χ0n) is 12.2. The predicted molar refractivity (Wildman–Crippen MR) is 78.4 cm³/mol. The van der Waals surface area contributed by atoms with Gasteiger partial charge in [-0.3, -0.25) is 9.59 Å². The van der Waals surface area contributed by atoms with Gasteiger partial charge in [-0.2, -0.15) is 0 Å². The predicted octanol–water partition coefficient (Wildman–Crippen LogP) is 1.46. The fourth-order valence-corrected chi connectivity index (χ4v) is 1.57. The minimum absolute atomic E-state index is 0.128. The first-order valence-electron chi connectivity index (χ1n) is 6.68. The minimum atomic E-state index is -0.870. The third kappa shape index (κ3) is 5.84. The van der Waals surface area contributed by atoms with Crippen molar-refractivity contribution >= 4 is 17.5 Å². The normalized spacial score (nSPS) is 13.4. The van der Waals surface area contributed by atoms with Gasteiger partial charge < -0.3 is 15.7 Å². The number of carbonyl (C=O) groups excluding carboxylic acids is 2. The maximum absolute atomic E-state index is 11.7. The van der Waals surface area contributed by atoms with Crippen LogP contribution in [0.25, 0.3) is 0 Å². The van der Waals surface area contributed by atoms with Gasteiger partial charge in [0, 0.05) is 19.2 Å². The molecular formula is C15H22N2O3. The van der Waals surface area contributed by atoms with Crippen LogP contribution >= 0.6 is 0 Å². The molecular weight excluding hydrogens is 256 g/mol. The summed E-state index contributed by atoms with van der Waals surface area (Å²) in [7, 11) is 0. The van der Waals surface area contributed by atoms with Crippen LogP contribution in [-0.2, 0) is 16.0 Å². The molecule has 3 N–H and O–H groups in total. The molecule has 1 unspecified atom stereocenters. The first-order valence-corrected chi connectivity index (χ1v) is 6.68. The molecule has 0 aliphatic rings. The van der Waals surface area contributed by atoms with E-state index in [2.05, 4.69) is 10.6 Å². The minimum Gasteiger partial charge on any atom is -0.388 e. The lowest BCUT2D eigenvalue weighted by Gasteiger charge is -2.21. The first-order chi connectivity index (χ1) is 9.32. The van der Waals surface area contributed by atoms with Gasteiger partial charge in [-0.15, -0.1) is 0 Å². The molecule has 1 atom stereocenters. The van der Waals surface area contributed by atoms with Gasteiger partial charge in [-0.1, -0.05) is 19.1 Å². The molecule has 5 heteroatoms. The van der Waals surface area contributed by atoms with Crippen LogP contribution in [0.3, 0.4) is 0 Å². The van der Waals surface area contributed by atoms with Crippen LogP contribution in [-0.4, -0.2) is 29.1 Å². The number of anilines is 1. The molecule has 110 valence electrons. The Labute approximate surface area is 119 Å². The van der Waals surface area contributed by atoms with Gasteiger partial charge in [0.2, 0.25) is 11.8 Å². The number of benzene rings is 1. The maximum atomic E-state index is 11.7. The summed E-state index contributed by atoms with van der Waals surface area (Å²) in [5.41, 5.74) is 0.689. The van der Waals surface area contributed by atoms with Gasteiger partial charge >= 0.3 is 0 Å². The third-order valence-electron chi connectivity index (χ3n) is 3.07. The Bertz CT molecular complexity index is 467. The van der Waals surface area contributed by atoms with Gasteiger partial charge in [0.15, 0.2) is 0 Å². The number of hydrogen-bond donors (Lipinski definition) is 3. The number of aliphatic hydroxyl groups is 1. The van der Waals surface area contributed by atoms with Crippen LogP contribution in [0.5, 0.6) is 0 Å². The van der Waals surface area contributed by atoms with Crippen LogP contribution in [0.1, 0.15) is 32.8 Å². The van der Waals surface area contributed by atoms with Crippen LogP contribution in [0.15, 0.2) is 24.3 Å². The first kappa shape index (κ1) is 16.2. The van der Waals surface area contributed by atoms with Crippen molar-refractivity contribution in [1.82, 2.24) is 5.32 Å². The number of carbonyl (C=O) groups is 2. The molecule has 0 fully saturated rings. The number of nitrogens with one attached hydrogen (secondary N) is 2. The Morgan fingerprint density at radius 2 is 1.85 bits per heavy atom. The van der Waals surface area contributed by atoms with Crippen molar-refractivity contribution in [2.24, 2.45) is 0 Å². The van der Waals surface area contributed by atoms with Crippen molar-refractivity contribution in [3.8, 4) is 0 Å². The zero-order chi connectivity index (χ0) is 15.2. The summed E-state index contributed by atoms with van der Waals surface area (Å²) in [6, 6.07) is 7.10. The van der Waals surface area contributed by atoms with E-state index in [0.29, 0.717) is 12.1 Å². The Hall–Kier alpha value is -1.88. The smallest absolute Gasteiger partial charge is 0.224 e. The van der Waals surface area contributed by atoms with E-state index in [1.165, 1.54) is 6.92 Å². The van der Waals surface area contributed by atoms with Gasteiger partial charge in [-0.05, 0) is 31.0 Å². The average molecular weight is 278 g/mol. The molecule has 0 spiro atoms. The topological polar surface area (TPSA) is 78.4 Å². The zero-order valence-corrected chi connectivity index (χ0v) is 12.2. The molecule has 20 heavy (non-hydrogen) atoms. The van der Waals surface area contributed by atoms with E-state index in [-0.39, 0.29) is 24.8 Å². The summed E-state index contributed by atoms with van der Waals surface area (Å²) >= 11 is 0. The second-order valence-corrected chi connectivity index (χ2v) is 5.18. The highest BCUT2D eigenvalue weighted by atomic mass is 16.3. The summed E-state index contributed by atoms with van der Waals surface area (Å²) in [4.78, 5) is 22.6. The number of hydrogen-bond acceptors (Lipinski definition) is 3. The molecule has 1 aromatic carbocycles. The van der Waals surface area contributed by atoms with Crippen molar-refractivity contribution in [2.45, 2.75) is 39.2 Å². The SMILES string of the molecule is CCC(C)(O)CNC(=O)Cc1ccc(NC(C)=O)cc1. The van der Waals surface area contributed by atoms with Crippen molar-refractivity contribution in [1.29, 1.82) is 0 Å². The summed E-state index contributed by atoms with van der Waals surface area (Å²) in [6.07, 6.45) is 0.832. The lowest BCUT2D eigenvalue weighted by atomic mass is 10.0. The Balaban J connectivity index is 2.48. The number of amides is 2. The van der Waals surface area contributed by atoms with Crippen LogP contribution in [0.4, 0.5) is 5.69 Å². The molecule has 1 aromatic rings. The van der Waals surface area contributed by atoms with E-state index in [9.17, 15) is 14.7 Å². The molecule has 0 aromatic heterocycles. The van der Waals surface area contributed by atoms with Crippen molar-refractivity contribution in [3.05, 3.63) is 29.8 Å². The summed E-state index contributed by atoms with van der Waals surface area (Å²) in [5, 5.41) is 15.2. The van der Waals surface area contributed by atoms with E-state index in [0.717, 1.165) is 5.56 Å². The van der Waals surface area contributed by atoms with Crippen LogP contribution in [0, 0.1) is 0 Å². The molecule has 0 heterocycles.